The van der Waals surface area contributed by atoms with Crippen LogP contribution in [0.1, 0.15) is 16.7 Å². The lowest BCUT2D eigenvalue weighted by Gasteiger charge is -2.27. The monoisotopic (exact) mass is 249 g/mol. The summed E-state index contributed by atoms with van der Waals surface area (Å²) in [7, 11) is 0. The van der Waals surface area contributed by atoms with E-state index in [1.54, 1.807) is 17.5 Å². The first-order chi connectivity index (χ1) is 8.27. The minimum atomic E-state index is -0.358. The van der Waals surface area contributed by atoms with Crippen LogP contribution in [-0.2, 0) is 11.3 Å². The van der Waals surface area contributed by atoms with Crippen molar-refractivity contribution in [2.75, 3.05) is 6.61 Å². The number of ether oxygens (including phenoxy) is 1. The molecule has 1 unspecified atom stereocenters. The van der Waals surface area contributed by atoms with Crippen LogP contribution in [-0.4, -0.2) is 16.3 Å². The van der Waals surface area contributed by atoms with E-state index in [1.807, 2.05) is 22.1 Å². The molecule has 1 aliphatic heterocycles. The summed E-state index contributed by atoms with van der Waals surface area (Å²) in [5, 5.41) is 11.9. The number of aromatic nitrogens is 1. The van der Waals surface area contributed by atoms with Gasteiger partial charge in [0.25, 0.3) is 0 Å². The highest BCUT2D eigenvalue weighted by atomic mass is 32.1. The lowest BCUT2D eigenvalue weighted by Crippen LogP contribution is -2.25. The van der Waals surface area contributed by atoms with Gasteiger partial charge in [-0.3, -0.25) is 4.79 Å². The van der Waals surface area contributed by atoms with E-state index in [9.17, 15) is 9.90 Å². The molecule has 0 radical (unpaired) electrons. The smallest absolute Gasteiger partial charge is 0.223 e. The average Bonchev–Trinajstić information content (AvgIpc) is 2.87. The molecule has 0 bridgehead atoms. The quantitative estimate of drug-likeness (QED) is 0.837. The first-order valence-corrected chi connectivity index (χ1v) is 6.22. The molecule has 5 heteroatoms. The molecular weight excluding hydrogens is 238 g/mol. The molecule has 1 N–H and O–H groups in total. The zero-order valence-electron chi connectivity index (χ0n) is 9.00. The maximum atomic E-state index is 11.5. The van der Waals surface area contributed by atoms with Gasteiger partial charge in [0.2, 0.25) is 5.43 Å². The van der Waals surface area contributed by atoms with Gasteiger partial charge in [-0.2, -0.15) is 0 Å². The third-order valence-electron chi connectivity index (χ3n) is 2.86. The van der Waals surface area contributed by atoms with Crippen LogP contribution in [0.25, 0.3) is 0 Å². The summed E-state index contributed by atoms with van der Waals surface area (Å²) in [4.78, 5) is 12.5. The van der Waals surface area contributed by atoms with Crippen molar-refractivity contribution < 1.29 is 9.84 Å². The Morgan fingerprint density at radius 1 is 1.47 bits per heavy atom. The Morgan fingerprint density at radius 3 is 3.12 bits per heavy atom. The van der Waals surface area contributed by atoms with Crippen molar-refractivity contribution in [2.45, 2.75) is 12.6 Å². The molecule has 0 saturated carbocycles. The van der Waals surface area contributed by atoms with Crippen molar-refractivity contribution in [1.82, 2.24) is 4.57 Å². The van der Waals surface area contributed by atoms with Crippen LogP contribution < -0.4 is 5.43 Å². The summed E-state index contributed by atoms with van der Waals surface area (Å²) in [5.41, 5.74) is 0.203. The molecule has 1 aliphatic rings. The van der Waals surface area contributed by atoms with Crippen molar-refractivity contribution in [3.8, 4) is 5.75 Å². The number of hydrogen-bond donors (Lipinski definition) is 1. The Balaban J connectivity index is 2.19. The molecule has 0 aromatic carbocycles. The van der Waals surface area contributed by atoms with Gasteiger partial charge in [-0.15, -0.1) is 11.3 Å². The molecule has 0 aliphatic carbocycles. The average molecular weight is 249 g/mol. The molecule has 0 spiro atoms. The van der Waals surface area contributed by atoms with E-state index in [4.69, 9.17) is 4.74 Å². The molecule has 2 aromatic rings. The third kappa shape index (κ3) is 1.67. The molecular formula is C12H11NO3S. The van der Waals surface area contributed by atoms with Crippen molar-refractivity contribution in [3.05, 3.63) is 50.6 Å². The van der Waals surface area contributed by atoms with Gasteiger partial charge in [0.1, 0.15) is 6.10 Å². The fourth-order valence-corrected chi connectivity index (χ4v) is 2.83. The molecule has 4 nitrogen and oxygen atoms in total. The van der Waals surface area contributed by atoms with Gasteiger partial charge >= 0.3 is 0 Å². The van der Waals surface area contributed by atoms with Crippen molar-refractivity contribution in [2.24, 2.45) is 0 Å². The largest absolute Gasteiger partial charge is 0.503 e. The third-order valence-corrected chi connectivity index (χ3v) is 3.77. The normalized spacial score (nSPS) is 18.9. The van der Waals surface area contributed by atoms with Gasteiger partial charge in [-0.1, -0.05) is 6.07 Å². The number of rotatable bonds is 1. The number of pyridine rings is 1. The Morgan fingerprint density at radius 2 is 2.35 bits per heavy atom. The highest BCUT2D eigenvalue weighted by Gasteiger charge is 2.27. The van der Waals surface area contributed by atoms with Crippen molar-refractivity contribution in [1.29, 1.82) is 0 Å². The summed E-state index contributed by atoms with van der Waals surface area (Å²) in [5.74, 6) is -0.203. The second-order valence-electron chi connectivity index (χ2n) is 3.87. The van der Waals surface area contributed by atoms with E-state index in [0.717, 1.165) is 4.88 Å². The first kappa shape index (κ1) is 10.6. The van der Waals surface area contributed by atoms with Crippen LogP contribution in [0.3, 0.4) is 0 Å². The molecule has 0 amide bonds. The predicted octanol–water partition coefficient (Wildman–Crippen LogP) is 1.73. The fraction of sp³-hybridized carbons (Fsp3) is 0.250. The molecule has 3 rings (SSSR count). The fourth-order valence-electron chi connectivity index (χ4n) is 2.05. The van der Waals surface area contributed by atoms with Gasteiger partial charge in [0.05, 0.1) is 12.3 Å². The Kier molecular flexibility index (Phi) is 2.49. The summed E-state index contributed by atoms with van der Waals surface area (Å²) in [6.07, 6.45) is 1.37. The second-order valence-corrected chi connectivity index (χ2v) is 4.85. The minimum Gasteiger partial charge on any atom is -0.503 e. The zero-order valence-corrected chi connectivity index (χ0v) is 9.81. The summed E-state index contributed by atoms with van der Waals surface area (Å²) >= 11 is 1.56. The second kappa shape index (κ2) is 4.01. The van der Waals surface area contributed by atoms with Crippen LogP contribution in [0.2, 0.25) is 0 Å². The lowest BCUT2D eigenvalue weighted by molar-refractivity contribution is 0.0449. The van der Waals surface area contributed by atoms with Crippen LogP contribution in [0.4, 0.5) is 0 Å². The van der Waals surface area contributed by atoms with Gasteiger partial charge in [0.15, 0.2) is 5.75 Å². The molecule has 0 saturated heterocycles. The molecule has 88 valence electrons. The highest BCUT2D eigenvalue weighted by molar-refractivity contribution is 7.10. The number of fused-ring (bicyclic) bond motifs is 1. The molecule has 17 heavy (non-hydrogen) atoms. The van der Waals surface area contributed by atoms with Gasteiger partial charge in [-0.25, -0.2) is 0 Å². The Labute approximate surface area is 102 Å². The zero-order chi connectivity index (χ0) is 11.8. The summed E-state index contributed by atoms with van der Waals surface area (Å²) < 4.78 is 7.55. The molecule has 2 aromatic heterocycles. The predicted molar refractivity (Wildman–Crippen MR) is 64.5 cm³/mol. The topological polar surface area (TPSA) is 51.5 Å². The van der Waals surface area contributed by atoms with Crippen LogP contribution >= 0.6 is 11.3 Å². The van der Waals surface area contributed by atoms with Crippen LogP contribution in [0.5, 0.6) is 5.75 Å². The number of thiophene rings is 1. The van der Waals surface area contributed by atoms with Gasteiger partial charge < -0.3 is 14.4 Å². The first-order valence-electron chi connectivity index (χ1n) is 5.34. The number of hydrogen-bond acceptors (Lipinski definition) is 4. The van der Waals surface area contributed by atoms with E-state index in [-0.39, 0.29) is 17.3 Å². The molecule has 1 atom stereocenters. The molecule has 0 fully saturated rings. The van der Waals surface area contributed by atoms with Gasteiger partial charge in [0, 0.05) is 23.7 Å². The van der Waals surface area contributed by atoms with Crippen molar-refractivity contribution in [3.63, 3.8) is 0 Å². The lowest BCUT2D eigenvalue weighted by atomic mass is 10.1. The summed E-state index contributed by atoms with van der Waals surface area (Å²) in [6.45, 7) is 1.24. The van der Waals surface area contributed by atoms with E-state index in [2.05, 4.69) is 0 Å². The maximum absolute atomic E-state index is 11.5. The Hall–Kier alpha value is -1.59. The number of aromatic hydroxyl groups is 1. The summed E-state index contributed by atoms with van der Waals surface area (Å²) in [6, 6.07) is 5.26. The number of nitrogens with zero attached hydrogens (tertiary/aromatic N) is 1. The SMILES string of the molecule is O=c1ccn2c(c1O)C(c1cccs1)OCC2. The van der Waals surface area contributed by atoms with E-state index in [1.165, 1.54) is 6.07 Å². The highest BCUT2D eigenvalue weighted by Crippen LogP contribution is 2.35. The Bertz CT molecular complexity index is 588. The van der Waals surface area contributed by atoms with E-state index >= 15 is 0 Å². The molecule has 3 heterocycles. The van der Waals surface area contributed by atoms with Crippen molar-refractivity contribution >= 4 is 11.3 Å². The maximum Gasteiger partial charge on any atom is 0.223 e. The standard InChI is InChI=1S/C12H11NO3S/c14-8-3-4-13-5-6-16-12(10(13)11(8)15)9-2-1-7-17-9/h1-4,7,12,15H,5-6H2. The van der Waals surface area contributed by atoms with Crippen LogP contribution in [0, 0.1) is 0 Å². The van der Waals surface area contributed by atoms with Gasteiger partial charge in [-0.05, 0) is 11.4 Å². The minimum absolute atomic E-state index is 0.203. The van der Waals surface area contributed by atoms with E-state index < -0.39 is 0 Å². The van der Waals surface area contributed by atoms with Crippen LogP contribution in [0.15, 0.2) is 34.6 Å². The van der Waals surface area contributed by atoms with E-state index in [0.29, 0.717) is 18.8 Å².